The fraction of sp³-hybridized carbons (Fsp3) is 0.286. The molecule has 1 aliphatic rings. The fourth-order valence-electron chi connectivity index (χ4n) is 3.19. The van der Waals surface area contributed by atoms with Gasteiger partial charge in [0.15, 0.2) is 0 Å². The van der Waals surface area contributed by atoms with Crippen molar-refractivity contribution in [1.29, 1.82) is 0 Å². The van der Waals surface area contributed by atoms with Gasteiger partial charge in [0, 0.05) is 24.5 Å². The molecule has 1 saturated heterocycles. The minimum atomic E-state index is -0.757. The number of aliphatic hydroxyl groups excluding tert-OH is 2. The average Bonchev–Trinajstić information content (AvgIpc) is 2.97. The first kappa shape index (κ1) is 19.7. The van der Waals surface area contributed by atoms with Crippen LogP contribution in [0, 0.1) is 6.92 Å². The van der Waals surface area contributed by atoms with E-state index in [0.29, 0.717) is 11.1 Å². The van der Waals surface area contributed by atoms with Crippen LogP contribution in [0.3, 0.4) is 0 Å². The molecule has 1 amide bonds. The van der Waals surface area contributed by atoms with Crippen LogP contribution >= 0.6 is 0 Å². The van der Waals surface area contributed by atoms with E-state index >= 15 is 0 Å². The van der Waals surface area contributed by atoms with Crippen molar-refractivity contribution in [3.05, 3.63) is 71.1 Å². The van der Waals surface area contributed by atoms with Crippen molar-refractivity contribution >= 4 is 17.4 Å². The number of benzene rings is 1. The molecule has 2 N–H and O–H groups in total. The molecule has 0 aliphatic carbocycles. The Morgan fingerprint density at radius 1 is 1.18 bits per heavy atom. The van der Waals surface area contributed by atoms with Crippen molar-refractivity contribution < 1.29 is 24.5 Å². The summed E-state index contributed by atoms with van der Waals surface area (Å²) in [5.41, 5.74) is 2.14. The summed E-state index contributed by atoms with van der Waals surface area (Å²) < 4.78 is 5.26. The molecule has 2 aromatic rings. The summed E-state index contributed by atoms with van der Waals surface area (Å²) in [6.45, 7) is 2.25. The van der Waals surface area contributed by atoms with Crippen LogP contribution in [0.2, 0.25) is 0 Å². The molecule has 1 atom stereocenters. The smallest absolute Gasteiger partial charge is 0.295 e. The molecule has 0 bridgehead atoms. The first-order valence-electron chi connectivity index (χ1n) is 8.98. The van der Waals surface area contributed by atoms with Crippen molar-refractivity contribution in [3.8, 4) is 0 Å². The SMILES string of the molecule is Cc1ccc(/C(O)=C2/C(=O)C(=O)N(CCOCCO)C2c2cccnc2)cc1. The van der Waals surface area contributed by atoms with Gasteiger partial charge in [-0.05, 0) is 18.6 Å². The van der Waals surface area contributed by atoms with Crippen LogP contribution in [0.5, 0.6) is 0 Å². The Hall–Kier alpha value is -3.03. The lowest BCUT2D eigenvalue weighted by atomic mass is 9.96. The number of rotatable bonds is 7. The number of amides is 1. The average molecular weight is 382 g/mol. The normalized spacial score (nSPS) is 18.6. The van der Waals surface area contributed by atoms with Crippen LogP contribution in [0.15, 0.2) is 54.4 Å². The number of aromatic nitrogens is 1. The minimum absolute atomic E-state index is 0.0315. The summed E-state index contributed by atoms with van der Waals surface area (Å²) in [6.07, 6.45) is 3.17. The summed E-state index contributed by atoms with van der Waals surface area (Å²) in [5, 5.41) is 19.7. The number of pyridine rings is 1. The van der Waals surface area contributed by atoms with Gasteiger partial charge in [-0.1, -0.05) is 35.9 Å². The van der Waals surface area contributed by atoms with Crippen LogP contribution in [0.1, 0.15) is 22.7 Å². The number of likely N-dealkylation sites (tertiary alicyclic amines) is 1. The summed E-state index contributed by atoms with van der Waals surface area (Å²) in [4.78, 5) is 30.9. The Morgan fingerprint density at radius 3 is 2.57 bits per heavy atom. The highest BCUT2D eigenvalue weighted by molar-refractivity contribution is 6.46. The highest BCUT2D eigenvalue weighted by Gasteiger charge is 2.45. The maximum absolute atomic E-state index is 12.8. The van der Waals surface area contributed by atoms with Crippen molar-refractivity contribution in [1.82, 2.24) is 9.88 Å². The number of aryl methyl sites for hydroxylation is 1. The van der Waals surface area contributed by atoms with Gasteiger partial charge >= 0.3 is 0 Å². The first-order chi connectivity index (χ1) is 13.5. The number of nitrogens with zero attached hydrogens (tertiary/aromatic N) is 2. The molecule has 1 unspecified atom stereocenters. The molecule has 146 valence electrons. The number of carbonyl (C=O) groups excluding carboxylic acids is 2. The quantitative estimate of drug-likeness (QED) is 0.328. The summed E-state index contributed by atoms with van der Waals surface area (Å²) >= 11 is 0. The number of carbonyl (C=O) groups is 2. The third-order valence-electron chi connectivity index (χ3n) is 4.58. The molecule has 1 fully saturated rings. The largest absolute Gasteiger partial charge is 0.507 e. The first-order valence-corrected chi connectivity index (χ1v) is 8.98. The van der Waals surface area contributed by atoms with Gasteiger partial charge in [-0.25, -0.2) is 0 Å². The molecular formula is C21H22N2O5. The van der Waals surface area contributed by atoms with E-state index in [0.717, 1.165) is 5.56 Å². The molecule has 0 saturated carbocycles. The lowest BCUT2D eigenvalue weighted by Crippen LogP contribution is -2.33. The predicted molar refractivity (Wildman–Crippen MR) is 102 cm³/mol. The van der Waals surface area contributed by atoms with Crippen molar-refractivity contribution in [2.45, 2.75) is 13.0 Å². The van der Waals surface area contributed by atoms with Crippen molar-refractivity contribution in [2.24, 2.45) is 0 Å². The molecule has 7 nitrogen and oxygen atoms in total. The van der Waals surface area contributed by atoms with Gasteiger partial charge < -0.3 is 19.8 Å². The van der Waals surface area contributed by atoms with Gasteiger partial charge in [0.2, 0.25) is 0 Å². The Kier molecular flexibility index (Phi) is 6.18. The van der Waals surface area contributed by atoms with Gasteiger partial charge in [0.05, 0.1) is 31.4 Å². The Morgan fingerprint density at radius 2 is 1.93 bits per heavy atom. The van der Waals surface area contributed by atoms with E-state index in [2.05, 4.69) is 4.98 Å². The Bertz CT molecular complexity index is 877. The molecule has 1 aliphatic heterocycles. The molecule has 3 rings (SSSR count). The van der Waals surface area contributed by atoms with Gasteiger partial charge in [0.25, 0.3) is 11.7 Å². The zero-order valence-corrected chi connectivity index (χ0v) is 15.5. The molecule has 2 heterocycles. The number of ether oxygens (including phenoxy) is 1. The van der Waals surface area contributed by atoms with Crippen molar-refractivity contribution in [3.63, 3.8) is 0 Å². The van der Waals surface area contributed by atoms with Gasteiger partial charge in [-0.3, -0.25) is 14.6 Å². The second-order valence-electron chi connectivity index (χ2n) is 6.48. The summed E-state index contributed by atoms with van der Waals surface area (Å²) in [5.74, 6) is -1.66. The van der Waals surface area contributed by atoms with Crippen LogP contribution in [0.4, 0.5) is 0 Å². The predicted octanol–water partition coefficient (Wildman–Crippen LogP) is 1.82. The number of Topliss-reactive ketones (excluding diaryl/α,β-unsaturated/α-hetero) is 1. The number of hydrogen-bond acceptors (Lipinski definition) is 6. The third kappa shape index (κ3) is 3.95. The molecule has 7 heteroatoms. The van der Waals surface area contributed by atoms with E-state index in [-0.39, 0.29) is 37.7 Å². The number of aliphatic hydroxyl groups is 2. The Balaban J connectivity index is 2.03. The molecule has 0 spiro atoms. The zero-order valence-electron chi connectivity index (χ0n) is 15.5. The second-order valence-corrected chi connectivity index (χ2v) is 6.48. The highest BCUT2D eigenvalue weighted by atomic mass is 16.5. The highest BCUT2D eigenvalue weighted by Crippen LogP contribution is 2.38. The van der Waals surface area contributed by atoms with E-state index in [1.807, 2.05) is 19.1 Å². The molecule has 1 aromatic heterocycles. The van der Waals surface area contributed by atoms with Crippen LogP contribution in [-0.4, -0.2) is 58.2 Å². The topological polar surface area (TPSA) is 100.0 Å². The van der Waals surface area contributed by atoms with Crippen LogP contribution in [0.25, 0.3) is 5.76 Å². The number of hydrogen-bond donors (Lipinski definition) is 2. The van der Waals surface area contributed by atoms with E-state index in [1.165, 1.54) is 4.90 Å². The minimum Gasteiger partial charge on any atom is -0.507 e. The second kappa shape index (κ2) is 8.77. The monoisotopic (exact) mass is 382 g/mol. The van der Waals surface area contributed by atoms with Crippen LogP contribution < -0.4 is 0 Å². The lowest BCUT2D eigenvalue weighted by Gasteiger charge is -2.24. The zero-order chi connectivity index (χ0) is 20.1. The van der Waals surface area contributed by atoms with Gasteiger partial charge in [-0.15, -0.1) is 0 Å². The van der Waals surface area contributed by atoms with Gasteiger partial charge in [0.1, 0.15) is 5.76 Å². The summed E-state index contributed by atoms with van der Waals surface area (Å²) in [6, 6.07) is 9.79. The summed E-state index contributed by atoms with van der Waals surface area (Å²) in [7, 11) is 0. The van der Waals surface area contributed by atoms with E-state index in [1.54, 1.807) is 36.7 Å². The lowest BCUT2D eigenvalue weighted by molar-refractivity contribution is -0.140. The van der Waals surface area contributed by atoms with E-state index in [4.69, 9.17) is 9.84 Å². The standard InChI is InChI=1S/C21H22N2O5/c1-14-4-6-15(7-5-14)19(25)17-18(16-3-2-8-22-13-16)23(21(27)20(17)26)9-11-28-12-10-24/h2-8,13,18,24-25H,9-12H2,1H3/b19-17-. The van der Waals surface area contributed by atoms with Crippen LogP contribution in [-0.2, 0) is 14.3 Å². The van der Waals surface area contributed by atoms with E-state index < -0.39 is 17.7 Å². The van der Waals surface area contributed by atoms with Gasteiger partial charge in [-0.2, -0.15) is 0 Å². The fourth-order valence-corrected chi connectivity index (χ4v) is 3.19. The molecule has 28 heavy (non-hydrogen) atoms. The third-order valence-corrected chi connectivity index (χ3v) is 4.58. The molecule has 1 aromatic carbocycles. The molecule has 0 radical (unpaired) electrons. The number of ketones is 1. The maximum atomic E-state index is 12.8. The van der Waals surface area contributed by atoms with Crippen molar-refractivity contribution in [2.75, 3.05) is 26.4 Å². The Labute approximate surface area is 162 Å². The maximum Gasteiger partial charge on any atom is 0.295 e. The van der Waals surface area contributed by atoms with E-state index in [9.17, 15) is 14.7 Å². The molecular weight excluding hydrogens is 360 g/mol.